The molecule has 0 heterocycles. The minimum Gasteiger partial charge on any atom is -0.493 e. The summed E-state index contributed by atoms with van der Waals surface area (Å²) in [5.41, 5.74) is 2.56. The lowest BCUT2D eigenvalue weighted by Gasteiger charge is -2.14. The Labute approximate surface area is 170 Å². The monoisotopic (exact) mass is 392 g/mol. The van der Waals surface area contributed by atoms with Crippen molar-refractivity contribution in [1.29, 1.82) is 0 Å². The summed E-state index contributed by atoms with van der Waals surface area (Å²) in [6, 6.07) is 20.8. The third-order valence-corrected chi connectivity index (χ3v) is 4.26. The minimum absolute atomic E-state index is 0.329. The van der Waals surface area contributed by atoms with E-state index in [1.54, 1.807) is 25.3 Å². The summed E-state index contributed by atoms with van der Waals surface area (Å²) in [5, 5.41) is 0. The Morgan fingerprint density at radius 1 is 0.724 bits per heavy atom. The van der Waals surface area contributed by atoms with Crippen molar-refractivity contribution >= 4 is 6.29 Å². The molecule has 0 amide bonds. The van der Waals surface area contributed by atoms with Crippen LogP contribution in [0.4, 0.5) is 0 Å². The molecule has 0 unspecified atom stereocenters. The Morgan fingerprint density at radius 3 is 2.10 bits per heavy atom. The lowest BCUT2D eigenvalue weighted by molar-refractivity contribution is 0.112. The van der Waals surface area contributed by atoms with Gasteiger partial charge in [-0.2, -0.15) is 0 Å². The van der Waals surface area contributed by atoms with E-state index in [1.165, 1.54) is 0 Å². The predicted molar refractivity (Wildman–Crippen MR) is 111 cm³/mol. The number of benzene rings is 3. The van der Waals surface area contributed by atoms with Gasteiger partial charge in [0, 0.05) is 5.56 Å². The van der Waals surface area contributed by atoms with Crippen LogP contribution in [0.1, 0.15) is 28.4 Å². The van der Waals surface area contributed by atoms with E-state index >= 15 is 0 Å². The van der Waals surface area contributed by atoms with Gasteiger partial charge in [0.05, 0.1) is 13.7 Å². The van der Waals surface area contributed by atoms with Crippen LogP contribution < -0.4 is 18.9 Å². The topological polar surface area (TPSA) is 54.0 Å². The fourth-order valence-corrected chi connectivity index (χ4v) is 2.80. The molecular formula is C24H24O5. The van der Waals surface area contributed by atoms with Crippen molar-refractivity contribution in [2.24, 2.45) is 0 Å². The summed E-state index contributed by atoms with van der Waals surface area (Å²) in [5.74, 6) is 2.45. The van der Waals surface area contributed by atoms with Gasteiger partial charge in [-0.1, -0.05) is 36.4 Å². The highest BCUT2D eigenvalue weighted by molar-refractivity contribution is 5.76. The van der Waals surface area contributed by atoms with Gasteiger partial charge < -0.3 is 18.9 Å². The Balaban J connectivity index is 1.68. The van der Waals surface area contributed by atoms with E-state index in [0.717, 1.165) is 17.4 Å². The summed E-state index contributed by atoms with van der Waals surface area (Å²) < 4.78 is 22.8. The van der Waals surface area contributed by atoms with Crippen molar-refractivity contribution in [2.75, 3.05) is 13.7 Å². The summed E-state index contributed by atoms with van der Waals surface area (Å²) >= 11 is 0. The van der Waals surface area contributed by atoms with Gasteiger partial charge >= 0.3 is 0 Å². The third-order valence-electron chi connectivity index (χ3n) is 4.26. The number of carbonyl (C=O) groups excluding carboxylic acids is 1. The van der Waals surface area contributed by atoms with E-state index in [4.69, 9.17) is 18.9 Å². The van der Waals surface area contributed by atoms with Gasteiger partial charge in [-0.3, -0.25) is 4.79 Å². The number of methoxy groups -OCH3 is 1. The van der Waals surface area contributed by atoms with E-state index in [9.17, 15) is 4.79 Å². The fraction of sp³-hybridized carbons (Fsp3) is 0.208. The zero-order valence-electron chi connectivity index (χ0n) is 16.6. The van der Waals surface area contributed by atoms with Crippen molar-refractivity contribution in [2.45, 2.75) is 20.1 Å². The van der Waals surface area contributed by atoms with E-state index in [1.807, 2.05) is 55.5 Å². The molecule has 3 aromatic carbocycles. The van der Waals surface area contributed by atoms with Crippen molar-refractivity contribution in [3.8, 4) is 23.0 Å². The molecule has 0 aliphatic rings. The number of carbonyl (C=O) groups is 1. The molecule has 29 heavy (non-hydrogen) atoms. The average molecular weight is 392 g/mol. The van der Waals surface area contributed by atoms with Gasteiger partial charge in [0.2, 0.25) is 0 Å². The second-order valence-electron chi connectivity index (χ2n) is 6.31. The molecule has 3 rings (SSSR count). The van der Waals surface area contributed by atoms with Crippen LogP contribution in [0.2, 0.25) is 0 Å². The normalized spacial score (nSPS) is 10.3. The van der Waals surface area contributed by atoms with Gasteiger partial charge in [0.1, 0.15) is 19.5 Å². The first-order valence-electron chi connectivity index (χ1n) is 9.42. The molecule has 5 heteroatoms. The maximum absolute atomic E-state index is 11.0. The number of rotatable bonds is 10. The second-order valence-corrected chi connectivity index (χ2v) is 6.31. The molecule has 0 aromatic heterocycles. The highest BCUT2D eigenvalue weighted by Gasteiger charge is 2.10. The van der Waals surface area contributed by atoms with Crippen molar-refractivity contribution in [3.63, 3.8) is 0 Å². The van der Waals surface area contributed by atoms with Gasteiger partial charge in [0.15, 0.2) is 23.0 Å². The van der Waals surface area contributed by atoms with Crippen LogP contribution in [-0.4, -0.2) is 20.0 Å². The molecule has 0 fully saturated rings. The van der Waals surface area contributed by atoms with E-state index in [0.29, 0.717) is 48.4 Å². The lowest BCUT2D eigenvalue weighted by Crippen LogP contribution is -2.02. The van der Waals surface area contributed by atoms with E-state index < -0.39 is 0 Å². The van der Waals surface area contributed by atoms with Crippen molar-refractivity contribution in [1.82, 2.24) is 0 Å². The van der Waals surface area contributed by atoms with Crippen LogP contribution in [0.15, 0.2) is 66.7 Å². The number of ether oxygens (including phenoxy) is 4. The van der Waals surface area contributed by atoms with Crippen LogP contribution in [0, 0.1) is 0 Å². The molecular weight excluding hydrogens is 368 g/mol. The lowest BCUT2D eigenvalue weighted by atomic mass is 10.2. The summed E-state index contributed by atoms with van der Waals surface area (Å²) in [6.07, 6.45) is 0.783. The fourth-order valence-electron chi connectivity index (χ4n) is 2.80. The maximum Gasteiger partial charge on any atom is 0.161 e. The van der Waals surface area contributed by atoms with E-state index in [2.05, 4.69) is 0 Å². The van der Waals surface area contributed by atoms with Crippen LogP contribution >= 0.6 is 0 Å². The van der Waals surface area contributed by atoms with Crippen LogP contribution in [0.25, 0.3) is 0 Å². The predicted octanol–water partition coefficient (Wildman–Crippen LogP) is 5.06. The van der Waals surface area contributed by atoms with Gasteiger partial charge in [-0.25, -0.2) is 0 Å². The summed E-state index contributed by atoms with van der Waals surface area (Å²) in [7, 11) is 1.61. The Hall–Kier alpha value is -3.47. The number of hydrogen-bond acceptors (Lipinski definition) is 5. The van der Waals surface area contributed by atoms with Crippen LogP contribution in [0.5, 0.6) is 23.0 Å². The molecule has 0 saturated heterocycles. The zero-order chi connectivity index (χ0) is 20.5. The van der Waals surface area contributed by atoms with Gasteiger partial charge in [0.25, 0.3) is 0 Å². The smallest absolute Gasteiger partial charge is 0.161 e. The SMILES string of the molecule is CCOc1cc(C=O)ccc1OCc1ccc(OCc2ccccc2)c(OC)c1. The first-order valence-corrected chi connectivity index (χ1v) is 9.42. The highest BCUT2D eigenvalue weighted by atomic mass is 16.5. The molecule has 5 nitrogen and oxygen atoms in total. The molecule has 0 spiro atoms. The molecule has 0 bridgehead atoms. The van der Waals surface area contributed by atoms with Crippen LogP contribution in [-0.2, 0) is 13.2 Å². The summed E-state index contributed by atoms with van der Waals surface area (Å²) in [6.45, 7) is 3.17. The van der Waals surface area contributed by atoms with Gasteiger partial charge in [-0.05, 0) is 48.4 Å². The molecule has 0 atom stereocenters. The largest absolute Gasteiger partial charge is 0.493 e. The second kappa shape index (κ2) is 10.2. The first kappa shape index (κ1) is 20.3. The molecule has 150 valence electrons. The Kier molecular flexibility index (Phi) is 7.11. The number of aldehydes is 1. The standard InChI is InChI=1S/C24H24O5/c1-3-27-24-13-19(15-25)9-11-22(24)29-17-20-10-12-21(23(14-20)26-2)28-16-18-7-5-4-6-8-18/h4-15H,3,16-17H2,1-2H3. The molecule has 0 aliphatic heterocycles. The zero-order valence-corrected chi connectivity index (χ0v) is 16.6. The van der Waals surface area contributed by atoms with Crippen molar-refractivity contribution < 1.29 is 23.7 Å². The molecule has 0 saturated carbocycles. The maximum atomic E-state index is 11.0. The average Bonchev–Trinajstić information content (AvgIpc) is 2.77. The quantitative estimate of drug-likeness (QED) is 0.451. The van der Waals surface area contributed by atoms with Crippen LogP contribution in [0.3, 0.4) is 0 Å². The Bertz CT molecular complexity index is 937. The molecule has 0 radical (unpaired) electrons. The van der Waals surface area contributed by atoms with E-state index in [-0.39, 0.29) is 0 Å². The number of hydrogen-bond donors (Lipinski definition) is 0. The Morgan fingerprint density at radius 2 is 1.41 bits per heavy atom. The highest BCUT2D eigenvalue weighted by Crippen LogP contribution is 2.31. The van der Waals surface area contributed by atoms with Crippen molar-refractivity contribution in [3.05, 3.63) is 83.4 Å². The minimum atomic E-state index is 0.329. The third kappa shape index (κ3) is 5.51. The molecule has 0 aliphatic carbocycles. The molecule has 3 aromatic rings. The first-order chi connectivity index (χ1) is 14.2. The van der Waals surface area contributed by atoms with Gasteiger partial charge in [-0.15, -0.1) is 0 Å². The summed E-state index contributed by atoms with van der Waals surface area (Å²) in [4.78, 5) is 11.0. The molecule has 0 N–H and O–H groups in total.